The Labute approximate surface area is 202 Å². The zero-order valence-electron chi connectivity index (χ0n) is 17.1. The summed E-state index contributed by atoms with van der Waals surface area (Å²) < 4.78 is 26.1. The Balaban J connectivity index is 1.58. The fourth-order valence-electron chi connectivity index (χ4n) is 3.37. The van der Waals surface area contributed by atoms with E-state index in [1.54, 1.807) is 25.1 Å². The molecule has 0 amide bonds. The Hall–Kier alpha value is -2.72. The molecule has 7 nitrogen and oxygen atoms in total. The quantitative estimate of drug-likeness (QED) is 0.412. The highest BCUT2D eigenvalue weighted by Crippen LogP contribution is 2.26. The number of thiophene rings is 1. The molecule has 0 bridgehead atoms. The van der Waals surface area contributed by atoms with Gasteiger partial charge in [0.05, 0.1) is 20.9 Å². The van der Waals surface area contributed by atoms with Crippen LogP contribution in [0.5, 0.6) is 0 Å². The lowest BCUT2D eigenvalue weighted by Crippen LogP contribution is -2.33. The highest BCUT2D eigenvalue weighted by atomic mass is 35.5. The number of aromatic nitrogens is 2. The number of sulfone groups is 1. The second kappa shape index (κ2) is 8.90. The van der Waals surface area contributed by atoms with Crippen molar-refractivity contribution in [3.63, 3.8) is 0 Å². The fourth-order valence-corrected chi connectivity index (χ4v) is 6.34. The van der Waals surface area contributed by atoms with Crippen molar-refractivity contribution in [2.75, 3.05) is 5.75 Å². The first-order valence-corrected chi connectivity index (χ1v) is 12.8. The third kappa shape index (κ3) is 4.81. The molecule has 0 saturated carbocycles. The van der Waals surface area contributed by atoms with Gasteiger partial charge in [0.15, 0.2) is 15.6 Å². The topological polar surface area (TPSA) is 106 Å². The molecule has 0 aliphatic heterocycles. The number of fused-ring (bicyclic) bond motifs is 1. The van der Waals surface area contributed by atoms with Crippen LogP contribution < -0.4 is 11.2 Å². The highest BCUT2D eigenvalue weighted by Gasteiger charge is 2.21. The first-order valence-electron chi connectivity index (χ1n) is 9.59. The molecule has 0 aliphatic rings. The number of benzene rings is 2. The number of nitrogens with one attached hydrogen (secondary N) is 1. The van der Waals surface area contributed by atoms with Gasteiger partial charge in [0, 0.05) is 11.4 Å². The van der Waals surface area contributed by atoms with Crippen LogP contribution in [0.3, 0.4) is 0 Å². The van der Waals surface area contributed by atoms with E-state index in [1.807, 2.05) is 0 Å². The average Bonchev–Trinajstić information content (AvgIpc) is 3.18. The molecular weight excluding hydrogens is 507 g/mol. The van der Waals surface area contributed by atoms with Crippen molar-refractivity contribution in [2.45, 2.75) is 17.6 Å². The van der Waals surface area contributed by atoms with E-state index in [2.05, 4.69) is 4.98 Å². The van der Waals surface area contributed by atoms with Crippen molar-refractivity contribution in [2.24, 2.45) is 0 Å². The first kappa shape index (κ1) is 23.4. The summed E-state index contributed by atoms with van der Waals surface area (Å²) in [6.07, 6.45) is -0.115. The van der Waals surface area contributed by atoms with Gasteiger partial charge in [-0.15, -0.1) is 11.3 Å². The minimum Gasteiger partial charge on any atom is -0.306 e. The molecule has 4 aromatic rings. The van der Waals surface area contributed by atoms with Crippen molar-refractivity contribution in [1.82, 2.24) is 9.55 Å². The summed E-state index contributed by atoms with van der Waals surface area (Å²) in [6, 6.07) is 12.2. The predicted molar refractivity (Wildman–Crippen MR) is 130 cm³/mol. The third-order valence-corrected chi connectivity index (χ3v) is 8.87. The molecule has 1 N–H and O–H groups in total. The second-order valence-electron chi connectivity index (χ2n) is 7.42. The van der Waals surface area contributed by atoms with E-state index < -0.39 is 32.6 Å². The van der Waals surface area contributed by atoms with Crippen molar-refractivity contribution in [3.05, 3.63) is 89.9 Å². The minimum absolute atomic E-state index is 0.0430. The maximum atomic E-state index is 12.9. The summed E-state index contributed by atoms with van der Waals surface area (Å²) in [4.78, 5) is 40.5. The van der Waals surface area contributed by atoms with Crippen LogP contribution in [0.4, 0.5) is 0 Å². The number of carbonyl (C=O) groups excluding carboxylic acids is 1. The van der Waals surface area contributed by atoms with Crippen molar-refractivity contribution in [3.8, 4) is 5.69 Å². The van der Waals surface area contributed by atoms with Crippen LogP contribution in [0, 0.1) is 6.92 Å². The van der Waals surface area contributed by atoms with Gasteiger partial charge in [0.1, 0.15) is 9.96 Å². The standard InChI is InChI=1S/C22H16Cl2N2O5S2/c1-12-8-18-16(10-17(12)23)21(28)26(22(29)25-18)14-4-2-13(3-5-14)9-15(27)11-33(30,31)20-7-6-19(24)32-20/h2-8,10H,9,11H2,1H3,(H,25,29). The van der Waals surface area contributed by atoms with Crippen LogP contribution in [0.2, 0.25) is 9.36 Å². The predicted octanol–water partition coefficient (Wildman–Crippen LogP) is 3.94. The van der Waals surface area contributed by atoms with Gasteiger partial charge in [-0.2, -0.15) is 0 Å². The van der Waals surface area contributed by atoms with Crippen LogP contribution in [0.15, 0.2) is 62.3 Å². The van der Waals surface area contributed by atoms with E-state index >= 15 is 0 Å². The van der Waals surface area contributed by atoms with Gasteiger partial charge in [-0.25, -0.2) is 17.8 Å². The highest BCUT2D eigenvalue weighted by molar-refractivity contribution is 7.94. The Morgan fingerprint density at radius 3 is 2.39 bits per heavy atom. The molecule has 0 fully saturated rings. The van der Waals surface area contributed by atoms with Crippen LogP contribution >= 0.6 is 34.5 Å². The monoisotopic (exact) mass is 522 g/mol. The molecule has 170 valence electrons. The average molecular weight is 523 g/mol. The van der Waals surface area contributed by atoms with E-state index in [9.17, 15) is 22.8 Å². The smallest absolute Gasteiger partial charge is 0.306 e. The van der Waals surface area contributed by atoms with Crippen LogP contribution in [0.25, 0.3) is 16.6 Å². The summed E-state index contributed by atoms with van der Waals surface area (Å²) >= 11 is 12.8. The molecule has 2 heterocycles. The van der Waals surface area contributed by atoms with Crippen molar-refractivity contribution >= 4 is 61.1 Å². The van der Waals surface area contributed by atoms with E-state index in [-0.39, 0.29) is 16.0 Å². The maximum Gasteiger partial charge on any atom is 0.333 e. The molecule has 0 spiro atoms. The number of nitrogens with zero attached hydrogens (tertiary/aromatic N) is 1. The number of carbonyl (C=O) groups is 1. The lowest BCUT2D eigenvalue weighted by Gasteiger charge is -2.09. The largest absolute Gasteiger partial charge is 0.333 e. The van der Waals surface area contributed by atoms with Crippen LogP contribution in [-0.4, -0.2) is 29.5 Å². The van der Waals surface area contributed by atoms with Gasteiger partial charge < -0.3 is 4.98 Å². The van der Waals surface area contributed by atoms with Crippen LogP contribution in [-0.2, 0) is 21.1 Å². The van der Waals surface area contributed by atoms with Gasteiger partial charge >= 0.3 is 5.69 Å². The second-order valence-corrected chi connectivity index (χ2v) is 11.8. The summed E-state index contributed by atoms with van der Waals surface area (Å²) in [6.45, 7) is 1.77. The lowest BCUT2D eigenvalue weighted by atomic mass is 10.1. The number of H-pyrrole nitrogens is 1. The van der Waals surface area contributed by atoms with Gasteiger partial charge in [0.25, 0.3) is 5.56 Å². The molecule has 2 aromatic carbocycles. The van der Waals surface area contributed by atoms with E-state index in [4.69, 9.17) is 23.2 Å². The van der Waals surface area contributed by atoms with Gasteiger partial charge in [-0.1, -0.05) is 35.3 Å². The Morgan fingerprint density at radius 2 is 1.76 bits per heavy atom. The van der Waals surface area contributed by atoms with E-state index in [0.29, 0.717) is 26.1 Å². The molecule has 4 rings (SSSR count). The summed E-state index contributed by atoms with van der Waals surface area (Å²) in [5, 5.41) is 0.676. The van der Waals surface area contributed by atoms with E-state index in [0.717, 1.165) is 21.5 Å². The molecular formula is C22H16Cl2N2O5S2. The third-order valence-electron chi connectivity index (χ3n) is 4.98. The fraction of sp³-hybridized carbons (Fsp3) is 0.136. The molecule has 33 heavy (non-hydrogen) atoms. The van der Waals surface area contributed by atoms with E-state index in [1.165, 1.54) is 30.3 Å². The molecule has 2 aromatic heterocycles. The van der Waals surface area contributed by atoms with Crippen molar-refractivity contribution < 1.29 is 13.2 Å². The Bertz CT molecular complexity index is 1620. The van der Waals surface area contributed by atoms with Gasteiger partial charge in [0.2, 0.25) is 0 Å². The molecule has 0 saturated heterocycles. The number of aromatic amines is 1. The molecule has 0 unspecified atom stereocenters. The van der Waals surface area contributed by atoms with Gasteiger partial charge in [-0.05, 0) is 54.4 Å². The number of hydrogen-bond donors (Lipinski definition) is 1. The molecule has 11 heteroatoms. The molecule has 0 radical (unpaired) electrons. The van der Waals surface area contributed by atoms with Gasteiger partial charge in [-0.3, -0.25) is 9.59 Å². The molecule has 0 atom stereocenters. The summed E-state index contributed by atoms with van der Waals surface area (Å²) in [5.41, 5.74) is 0.830. The number of halogens is 2. The summed E-state index contributed by atoms with van der Waals surface area (Å²) in [7, 11) is -3.77. The zero-order chi connectivity index (χ0) is 23.9. The Morgan fingerprint density at radius 1 is 1.06 bits per heavy atom. The summed E-state index contributed by atoms with van der Waals surface area (Å²) in [5.74, 6) is -1.13. The maximum absolute atomic E-state index is 12.9. The normalized spacial score (nSPS) is 11.7. The SMILES string of the molecule is Cc1cc2[nH]c(=O)n(-c3ccc(CC(=O)CS(=O)(=O)c4ccc(Cl)s4)cc3)c(=O)c2cc1Cl. The van der Waals surface area contributed by atoms with Crippen molar-refractivity contribution in [1.29, 1.82) is 0 Å². The lowest BCUT2D eigenvalue weighted by molar-refractivity contribution is -0.116. The Kier molecular flexibility index (Phi) is 6.32. The number of aryl methyl sites for hydroxylation is 1. The number of hydrogen-bond acceptors (Lipinski definition) is 6. The minimum atomic E-state index is -3.77. The number of ketones is 1. The molecule has 0 aliphatic carbocycles. The first-order chi connectivity index (χ1) is 15.5. The number of rotatable bonds is 6. The number of Topliss-reactive ketones (excluding diaryl/α,β-unsaturated/α-hetero) is 1. The van der Waals surface area contributed by atoms with Crippen LogP contribution in [0.1, 0.15) is 11.1 Å². The zero-order valence-corrected chi connectivity index (χ0v) is 20.2.